The van der Waals surface area contributed by atoms with Crippen molar-refractivity contribution in [3.05, 3.63) is 29.3 Å². The van der Waals surface area contributed by atoms with Crippen LogP contribution in [0.4, 0.5) is 0 Å². The molecule has 0 unspecified atom stereocenters. The van der Waals surface area contributed by atoms with Crippen molar-refractivity contribution in [1.29, 1.82) is 5.26 Å². The molecule has 0 spiro atoms. The normalized spacial score (nSPS) is 10.5. The van der Waals surface area contributed by atoms with E-state index in [1.54, 1.807) is 0 Å². The highest BCUT2D eigenvalue weighted by Crippen LogP contribution is 2.22. The monoisotopic (exact) mass is 488 g/mol. The zero-order chi connectivity index (χ0) is 23.8. The van der Waals surface area contributed by atoms with Gasteiger partial charge in [-0.3, -0.25) is 0 Å². The summed E-state index contributed by atoms with van der Waals surface area (Å²) in [5, 5.41) is 13.3. The standard InChI is InChI=1S/C28H44N2OS2/c1-2-3-4-5-6-7-8-9-10-11-12-13-14-15-16-17-18-31-28-20-26(22-30-25-32)19-27(21-28)23-33-24-29/h19-21H,2-18,22-23H2,1H3. The molecule has 0 atom stereocenters. The van der Waals surface area contributed by atoms with Crippen LogP contribution in [0, 0.1) is 10.7 Å². The van der Waals surface area contributed by atoms with E-state index in [0.29, 0.717) is 12.3 Å². The maximum absolute atomic E-state index is 8.81. The SMILES string of the molecule is CCCCCCCCCCCCCCCCCCOc1cc(CN=C=S)cc(CSC#N)c1. The van der Waals surface area contributed by atoms with E-state index in [2.05, 4.69) is 40.8 Å². The average molecular weight is 489 g/mol. The smallest absolute Gasteiger partial charge is 0.133 e. The lowest BCUT2D eigenvalue weighted by molar-refractivity contribution is 0.304. The van der Waals surface area contributed by atoms with Crippen LogP contribution in [0.25, 0.3) is 0 Å². The van der Waals surface area contributed by atoms with Crippen LogP contribution >= 0.6 is 24.0 Å². The summed E-state index contributed by atoms with van der Waals surface area (Å²) in [7, 11) is 0. The largest absolute Gasteiger partial charge is 0.494 e. The number of nitriles is 1. The molecule has 0 bridgehead atoms. The number of nitrogens with zero attached hydrogens (tertiary/aromatic N) is 2. The van der Waals surface area contributed by atoms with Gasteiger partial charge in [-0.05, 0) is 53.7 Å². The Hall–Kier alpha value is -1.34. The summed E-state index contributed by atoms with van der Waals surface area (Å²) in [6.07, 6.45) is 22.0. The van der Waals surface area contributed by atoms with E-state index in [-0.39, 0.29) is 0 Å². The maximum Gasteiger partial charge on any atom is 0.133 e. The van der Waals surface area contributed by atoms with Crippen molar-refractivity contribution in [2.75, 3.05) is 6.61 Å². The average Bonchev–Trinajstić information content (AvgIpc) is 2.83. The second kappa shape index (κ2) is 22.5. The van der Waals surface area contributed by atoms with Gasteiger partial charge in [-0.2, -0.15) is 5.26 Å². The van der Waals surface area contributed by atoms with Crippen LogP contribution in [0.2, 0.25) is 0 Å². The van der Waals surface area contributed by atoms with E-state index in [9.17, 15) is 0 Å². The molecule has 0 heterocycles. The summed E-state index contributed by atoms with van der Waals surface area (Å²) >= 11 is 5.91. The molecule has 0 fully saturated rings. The lowest BCUT2D eigenvalue weighted by Crippen LogP contribution is -1.99. The van der Waals surface area contributed by atoms with Gasteiger partial charge in [0.25, 0.3) is 0 Å². The van der Waals surface area contributed by atoms with Crippen LogP contribution in [0.15, 0.2) is 23.2 Å². The van der Waals surface area contributed by atoms with Gasteiger partial charge in [0.1, 0.15) is 11.2 Å². The molecule has 184 valence electrons. The van der Waals surface area contributed by atoms with Crippen molar-refractivity contribution in [3.63, 3.8) is 0 Å². The summed E-state index contributed by atoms with van der Waals surface area (Å²) in [5.74, 6) is 1.52. The molecular formula is C28H44N2OS2. The van der Waals surface area contributed by atoms with Gasteiger partial charge in [0, 0.05) is 5.75 Å². The molecule has 0 saturated carbocycles. The Balaban J connectivity index is 2.02. The third-order valence-electron chi connectivity index (χ3n) is 5.92. The third-order valence-corrected chi connectivity index (χ3v) is 6.66. The molecule has 1 rings (SSSR count). The molecule has 5 heteroatoms. The van der Waals surface area contributed by atoms with E-state index in [4.69, 9.17) is 10.00 Å². The Kier molecular flexibility index (Phi) is 20.2. The number of hydrogen-bond donors (Lipinski definition) is 0. The number of thioether (sulfide) groups is 1. The van der Waals surface area contributed by atoms with Gasteiger partial charge < -0.3 is 4.74 Å². The minimum atomic E-state index is 0.504. The minimum Gasteiger partial charge on any atom is -0.494 e. The first-order chi connectivity index (χ1) is 16.3. The molecular weight excluding hydrogens is 444 g/mol. The first-order valence-corrected chi connectivity index (χ1v) is 14.5. The summed E-state index contributed by atoms with van der Waals surface area (Å²) < 4.78 is 5.99. The number of thiocyanates is 1. The number of isothiocyanates is 1. The van der Waals surface area contributed by atoms with Crippen LogP contribution in [-0.2, 0) is 12.3 Å². The number of thiocarbonyl (C=S) groups is 1. The number of benzene rings is 1. The molecule has 1 aromatic rings. The molecule has 0 radical (unpaired) electrons. The molecule has 1 aromatic carbocycles. The molecule has 0 N–H and O–H groups in total. The van der Waals surface area contributed by atoms with Gasteiger partial charge in [-0.1, -0.05) is 109 Å². The van der Waals surface area contributed by atoms with E-state index in [1.807, 2.05) is 12.1 Å². The highest BCUT2D eigenvalue weighted by atomic mass is 32.2. The minimum absolute atomic E-state index is 0.504. The van der Waals surface area contributed by atoms with E-state index >= 15 is 0 Å². The summed E-state index contributed by atoms with van der Waals surface area (Å²) in [6.45, 7) is 3.53. The number of hydrogen-bond acceptors (Lipinski definition) is 5. The van der Waals surface area contributed by atoms with Gasteiger partial charge in [0.2, 0.25) is 0 Å². The van der Waals surface area contributed by atoms with Crippen molar-refractivity contribution in [2.24, 2.45) is 4.99 Å². The van der Waals surface area contributed by atoms with E-state index in [0.717, 1.165) is 29.9 Å². The van der Waals surface area contributed by atoms with Crippen molar-refractivity contribution in [3.8, 4) is 11.2 Å². The highest BCUT2D eigenvalue weighted by molar-refractivity contribution is 8.02. The lowest BCUT2D eigenvalue weighted by atomic mass is 10.0. The van der Waals surface area contributed by atoms with Crippen LogP contribution in [0.5, 0.6) is 5.75 Å². The fourth-order valence-electron chi connectivity index (χ4n) is 4.07. The molecule has 0 saturated heterocycles. The van der Waals surface area contributed by atoms with E-state index in [1.165, 1.54) is 108 Å². The predicted octanol–water partition coefficient (Wildman–Crippen LogP) is 9.64. The first-order valence-electron chi connectivity index (χ1n) is 13.1. The summed E-state index contributed by atoms with van der Waals surface area (Å²) in [6, 6.07) is 6.10. The molecule has 0 aliphatic carbocycles. The Morgan fingerprint density at radius 1 is 0.788 bits per heavy atom. The van der Waals surface area contributed by atoms with Crippen molar-refractivity contribution in [1.82, 2.24) is 0 Å². The van der Waals surface area contributed by atoms with Crippen LogP contribution in [0.3, 0.4) is 0 Å². The maximum atomic E-state index is 8.81. The Morgan fingerprint density at radius 2 is 1.30 bits per heavy atom. The second-order valence-corrected chi connectivity index (χ2v) is 9.87. The van der Waals surface area contributed by atoms with Gasteiger partial charge >= 0.3 is 0 Å². The van der Waals surface area contributed by atoms with Crippen LogP contribution in [0.1, 0.15) is 121 Å². The van der Waals surface area contributed by atoms with Gasteiger partial charge in [-0.15, -0.1) is 0 Å². The van der Waals surface area contributed by atoms with Gasteiger partial charge in [-0.25, -0.2) is 4.99 Å². The van der Waals surface area contributed by atoms with Gasteiger partial charge in [0.05, 0.1) is 18.3 Å². The molecule has 3 nitrogen and oxygen atoms in total. The fraction of sp³-hybridized carbons (Fsp3) is 0.714. The zero-order valence-corrected chi connectivity index (χ0v) is 22.4. The highest BCUT2D eigenvalue weighted by Gasteiger charge is 2.03. The summed E-state index contributed by atoms with van der Waals surface area (Å²) in [4.78, 5) is 4.02. The first kappa shape index (κ1) is 29.7. The Morgan fingerprint density at radius 3 is 1.82 bits per heavy atom. The molecule has 33 heavy (non-hydrogen) atoms. The number of unbranched alkanes of at least 4 members (excludes halogenated alkanes) is 15. The quantitative estimate of drug-likeness (QED) is 0.0705. The third kappa shape index (κ3) is 17.8. The predicted molar refractivity (Wildman–Crippen MR) is 147 cm³/mol. The summed E-state index contributed by atoms with van der Waals surface area (Å²) in [5.41, 5.74) is 2.13. The fourth-order valence-corrected chi connectivity index (χ4v) is 4.53. The van der Waals surface area contributed by atoms with Crippen molar-refractivity contribution in [2.45, 2.75) is 122 Å². The molecule has 0 amide bonds. The Bertz CT molecular complexity index is 696. The van der Waals surface area contributed by atoms with Crippen molar-refractivity contribution < 1.29 is 4.74 Å². The number of rotatable bonds is 22. The number of aliphatic imine (C=N–C) groups is 1. The molecule has 0 aliphatic rings. The topological polar surface area (TPSA) is 45.4 Å². The Labute approximate surface area is 212 Å². The zero-order valence-electron chi connectivity index (χ0n) is 20.8. The number of ether oxygens (including phenoxy) is 1. The van der Waals surface area contributed by atoms with Gasteiger partial charge in [0.15, 0.2) is 0 Å². The van der Waals surface area contributed by atoms with Crippen LogP contribution in [-0.4, -0.2) is 11.8 Å². The van der Waals surface area contributed by atoms with E-state index < -0.39 is 0 Å². The molecule has 0 aliphatic heterocycles. The lowest BCUT2D eigenvalue weighted by Gasteiger charge is -2.10. The second-order valence-electron chi connectivity index (χ2n) is 8.92. The van der Waals surface area contributed by atoms with Crippen LogP contribution < -0.4 is 4.74 Å². The molecule has 0 aromatic heterocycles. The van der Waals surface area contributed by atoms with Crippen molar-refractivity contribution >= 4 is 29.1 Å².